The van der Waals surface area contributed by atoms with Crippen molar-refractivity contribution in [2.45, 2.75) is 13.0 Å². The van der Waals surface area contributed by atoms with Crippen molar-refractivity contribution in [3.8, 4) is 5.75 Å². The summed E-state index contributed by atoms with van der Waals surface area (Å²) in [5.41, 5.74) is 5.60. The first-order valence-corrected chi connectivity index (χ1v) is 7.66. The van der Waals surface area contributed by atoms with Gasteiger partial charge in [0, 0.05) is 38.3 Å². The van der Waals surface area contributed by atoms with E-state index in [0.29, 0.717) is 30.9 Å². The number of primary amides is 1. The molecule has 126 valence electrons. The molecule has 1 aromatic carbocycles. The molecule has 1 fully saturated rings. The summed E-state index contributed by atoms with van der Waals surface area (Å²) in [7, 11) is 0. The fourth-order valence-electron chi connectivity index (χ4n) is 2.54. The fraction of sp³-hybridized carbons (Fsp3) is 0.500. The molecule has 0 bridgehead atoms. The van der Waals surface area contributed by atoms with Gasteiger partial charge in [0.1, 0.15) is 5.75 Å². The standard InChI is InChI=1S/C16H23N3O4/c1-12(20)10-18-6-8-19(9-7-18)16(22)13-2-4-14(5-3-13)23-11-15(17)21/h2-5,12,20H,6-11H2,1H3,(H2,17,21). The summed E-state index contributed by atoms with van der Waals surface area (Å²) in [6, 6.07) is 6.67. The number of β-amino-alcohol motifs (C(OH)–C–C–N with tert-alkyl or cyclic N) is 1. The van der Waals surface area contributed by atoms with Crippen LogP contribution in [0.3, 0.4) is 0 Å². The summed E-state index contributed by atoms with van der Waals surface area (Å²) in [6.07, 6.45) is -0.356. The SMILES string of the molecule is CC(O)CN1CCN(C(=O)c2ccc(OCC(N)=O)cc2)CC1. The van der Waals surface area contributed by atoms with Gasteiger partial charge in [0.2, 0.25) is 0 Å². The van der Waals surface area contributed by atoms with E-state index in [1.54, 1.807) is 36.1 Å². The highest BCUT2D eigenvalue weighted by Crippen LogP contribution is 2.15. The zero-order chi connectivity index (χ0) is 16.8. The van der Waals surface area contributed by atoms with Crippen molar-refractivity contribution < 1.29 is 19.4 Å². The van der Waals surface area contributed by atoms with Crippen molar-refractivity contribution in [2.24, 2.45) is 5.73 Å². The lowest BCUT2D eigenvalue weighted by molar-refractivity contribution is -0.119. The van der Waals surface area contributed by atoms with Crippen LogP contribution in [0.25, 0.3) is 0 Å². The summed E-state index contributed by atoms with van der Waals surface area (Å²) in [6.45, 7) is 5.02. The minimum Gasteiger partial charge on any atom is -0.484 e. The van der Waals surface area contributed by atoms with Gasteiger partial charge < -0.3 is 20.5 Å². The molecule has 1 aliphatic heterocycles. The summed E-state index contributed by atoms with van der Waals surface area (Å²) in [5, 5.41) is 9.40. The van der Waals surface area contributed by atoms with E-state index in [-0.39, 0.29) is 18.6 Å². The Labute approximate surface area is 135 Å². The summed E-state index contributed by atoms with van der Waals surface area (Å²) >= 11 is 0. The van der Waals surface area contributed by atoms with E-state index in [4.69, 9.17) is 10.5 Å². The van der Waals surface area contributed by atoms with Crippen LogP contribution in [0.2, 0.25) is 0 Å². The maximum atomic E-state index is 12.4. The molecule has 1 aliphatic rings. The highest BCUT2D eigenvalue weighted by Gasteiger charge is 2.22. The van der Waals surface area contributed by atoms with Crippen LogP contribution in [-0.4, -0.2) is 72.2 Å². The van der Waals surface area contributed by atoms with Crippen molar-refractivity contribution in [2.75, 3.05) is 39.3 Å². The summed E-state index contributed by atoms with van der Waals surface area (Å²) < 4.78 is 5.17. The highest BCUT2D eigenvalue weighted by molar-refractivity contribution is 5.94. The number of ether oxygens (including phenoxy) is 1. The van der Waals surface area contributed by atoms with E-state index >= 15 is 0 Å². The first kappa shape index (κ1) is 17.2. The number of aliphatic hydroxyl groups excluding tert-OH is 1. The second-order valence-corrected chi connectivity index (χ2v) is 5.72. The van der Waals surface area contributed by atoms with Gasteiger partial charge in [-0.1, -0.05) is 0 Å². The molecular formula is C16H23N3O4. The van der Waals surface area contributed by atoms with Crippen LogP contribution in [0.5, 0.6) is 5.75 Å². The number of hydrogen-bond acceptors (Lipinski definition) is 5. The van der Waals surface area contributed by atoms with Gasteiger partial charge in [0.15, 0.2) is 6.61 Å². The molecule has 0 spiro atoms. The second-order valence-electron chi connectivity index (χ2n) is 5.72. The van der Waals surface area contributed by atoms with E-state index in [9.17, 15) is 14.7 Å². The molecule has 0 saturated carbocycles. The first-order chi connectivity index (χ1) is 11.0. The van der Waals surface area contributed by atoms with Gasteiger partial charge in [-0.3, -0.25) is 14.5 Å². The van der Waals surface area contributed by atoms with Gasteiger partial charge in [-0.15, -0.1) is 0 Å². The lowest BCUT2D eigenvalue weighted by Crippen LogP contribution is -2.50. The Morgan fingerprint density at radius 3 is 2.35 bits per heavy atom. The Balaban J connectivity index is 1.87. The number of benzene rings is 1. The van der Waals surface area contributed by atoms with Crippen LogP contribution >= 0.6 is 0 Å². The molecule has 23 heavy (non-hydrogen) atoms. The molecule has 0 aliphatic carbocycles. The average molecular weight is 321 g/mol. The summed E-state index contributed by atoms with van der Waals surface area (Å²) in [5.74, 6) is -0.0644. The fourth-order valence-corrected chi connectivity index (χ4v) is 2.54. The van der Waals surface area contributed by atoms with Crippen LogP contribution in [0.4, 0.5) is 0 Å². The third-order valence-corrected chi connectivity index (χ3v) is 3.66. The predicted molar refractivity (Wildman–Crippen MR) is 85.2 cm³/mol. The molecule has 0 aromatic heterocycles. The minimum absolute atomic E-state index is 0.0249. The Morgan fingerprint density at radius 1 is 1.22 bits per heavy atom. The Morgan fingerprint density at radius 2 is 1.83 bits per heavy atom. The van der Waals surface area contributed by atoms with Gasteiger partial charge in [-0.05, 0) is 31.2 Å². The van der Waals surface area contributed by atoms with Gasteiger partial charge in [0.05, 0.1) is 6.10 Å². The molecule has 1 aromatic rings. The number of amides is 2. The zero-order valence-corrected chi connectivity index (χ0v) is 13.3. The lowest BCUT2D eigenvalue weighted by atomic mass is 10.1. The number of nitrogens with zero attached hydrogens (tertiary/aromatic N) is 2. The van der Waals surface area contributed by atoms with Gasteiger partial charge in [-0.2, -0.15) is 0 Å². The van der Waals surface area contributed by atoms with Crippen molar-refractivity contribution in [1.82, 2.24) is 9.80 Å². The van der Waals surface area contributed by atoms with E-state index < -0.39 is 5.91 Å². The minimum atomic E-state index is -0.541. The largest absolute Gasteiger partial charge is 0.484 e. The van der Waals surface area contributed by atoms with Crippen molar-refractivity contribution in [3.05, 3.63) is 29.8 Å². The number of aliphatic hydroxyl groups is 1. The molecule has 1 heterocycles. The molecule has 7 nitrogen and oxygen atoms in total. The smallest absolute Gasteiger partial charge is 0.255 e. The van der Waals surface area contributed by atoms with E-state index in [1.165, 1.54) is 0 Å². The number of nitrogens with two attached hydrogens (primary N) is 1. The molecule has 1 atom stereocenters. The second kappa shape index (κ2) is 7.94. The van der Waals surface area contributed by atoms with E-state index in [2.05, 4.69) is 4.90 Å². The van der Waals surface area contributed by atoms with E-state index in [1.807, 2.05) is 0 Å². The van der Waals surface area contributed by atoms with Crippen LogP contribution in [0, 0.1) is 0 Å². The van der Waals surface area contributed by atoms with Crippen LogP contribution in [0.15, 0.2) is 24.3 Å². The van der Waals surface area contributed by atoms with E-state index in [0.717, 1.165) is 13.1 Å². The zero-order valence-electron chi connectivity index (χ0n) is 13.3. The predicted octanol–water partition coefficient (Wildman–Crippen LogP) is -0.311. The molecule has 2 amide bonds. The number of piperazine rings is 1. The van der Waals surface area contributed by atoms with Crippen molar-refractivity contribution in [3.63, 3.8) is 0 Å². The van der Waals surface area contributed by atoms with Crippen LogP contribution < -0.4 is 10.5 Å². The molecule has 1 saturated heterocycles. The van der Waals surface area contributed by atoms with Crippen molar-refractivity contribution >= 4 is 11.8 Å². The quantitative estimate of drug-likeness (QED) is 0.749. The highest BCUT2D eigenvalue weighted by atomic mass is 16.5. The molecule has 0 radical (unpaired) electrons. The number of carbonyl (C=O) groups excluding carboxylic acids is 2. The lowest BCUT2D eigenvalue weighted by Gasteiger charge is -2.35. The number of rotatable bonds is 6. The topological polar surface area (TPSA) is 96.1 Å². The number of hydrogen-bond donors (Lipinski definition) is 2. The van der Waals surface area contributed by atoms with Gasteiger partial charge in [-0.25, -0.2) is 0 Å². The Hall–Kier alpha value is -2.12. The van der Waals surface area contributed by atoms with Crippen LogP contribution in [0.1, 0.15) is 17.3 Å². The third kappa shape index (κ3) is 5.22. The average Bonchev–Trinajstić information content (AvgIpc) is 2.53. The van der Waals surface area contributed by atoms with Crippen molar-refractivity contribution in [1.29, 1.82) is 0 Å². The summed E-state index contributed by atoms with van der Waals surface area (Å²) in [4.78, 5) is 27.1. The molecule has 2 rings (SSSR count). The van der Waals surface area contributed by atoms with Gasteiger partial charge >= 0.3 is 0 Å². The molecule has 3 N–H and O–H groups in total. The molecular weight excluding hydrogens is 298 g/mol. The molecule has 1 unspecified atom stereocenters. The monoisotopic (exact) mass is 321 g/mol. The van der Waals surface area contributed by atoms with Gasteiger partial charge in [0.25, 0.3) is 11.8 Å². The Bertz CT molecular complexity index is 537. The third-order valence-electron chi connectivity index (χ3n) is 3.66. The number of carbonyl (C=O) groups is 2. The Kier molecular flexibility index (Phi) is 5.95. The van der Waals surface area contributed by atoms with Crippen LogP contribution in [-0.2, 0) is 4.79 Å². The maximum absolute atomic E-state index is 12.4. The molecule has 7 heteroatoms. The normalized spacial score (nSPS) is 16.9. The first-order valence-electron chi connectivity index (χ1n) is 7.66. The maximum Gasteiger partial charge on any atom is 0.255 e.